The minimum absolute atomic E-state index is 0.000626. The van der Waals surface area contributed by atoms with Gasteiger partial charge in [0, 0.05) is 76.5 Å². The van der Waals surface area contributed by atoms with Crippen LogP contribution in [0.2, 0.25) is 0 Å². The van der Waals surface area contributed by atoms with E-state index in [-0.39, 0.29) is 55.6 Å². The lowest BCUT2D eigenvalue weighted by Gasteiger charge is -2.38. The number of hydrogen-bond donors (Lipinski definition) is 4. The van der Waals surface area contributed by atoms with Crippen molar-refractivity contribution >= 4 is 46.8 Å². The fraction of sp³-hybridized carbons (Fsp3) is 0.396. The van der Waals surface area contributed by atoms with Crippen molar-refractivity contribution in [2.24, 2.45) is 14.1 Å². The number of aliphatic hydroxyl groups is 1. The van der Waals surface area contributed by atoms with Crippen LogP contribution in [-0.2, 0) is 33.1 Å². The van der Waals surface area contributed by atoms with Crippen molar-refractivity contribution in [2.75, 3.05) is 55.1 Å². The van der Waals surface area contributed by atoms with Gasteiger partial charge >= 0.3 is 6.09 Å². The molecule has 3 aliphatic rings. The van der Waals surface area contributed by atoms with E-state index in [9.17, 15) is 24.0 Å². The van der Waals surface area contributed by atoms with Crippen molar-refractivity contribution in [3.05, 3.63) is 108 Å². The summed E-state index contributed by atoms with van der Waals surface area (Å²) in [4.78, 5) is 70.1. The molecular weight excluding hydrogens is 835 g/mol. The Bertz CT molecular complexity index is 2430. The standard InChI is InChI=1S/C48H57N7O10/c1-6-19-64-48(61)55-37-26-41(31(3)23-36(37)46(60)54-27-30(2)22-40(54)47(55)65-43-12-7-8-20-63-43)62-21-9-11-42(57)50-35-25-39(53(5)29-35)45(59)51-34-15-13-32(14-16-34)33-24-38(52(4)28-33)44(58)49-17-10-18-56/h6,13-16,23-26,28-29,40,43,47,56H,1-2,7-12,17-22,27H2,3-5H3,(H,49,58)(H,50,57)(H,51,59)/t40-,43?,47?/m0/s1. The summed E-state index contributed by atoms with van der Waals surface area (Å²) in [5.41, 5.74) is 5.62. The van der Waals surface area contributed by atoms with Crippen LogP contribution in [0.5, 0.6) is 5.75 Å². The van der Waals surface area contributed by atoms with Gasteiger partial charge in [0.05, 0.1) is 29.6 Å². The summed E-state index contributed by atoms with van der Waals surface area (Å²) >= 11 is 0. The van der Waals surface area contributed by atoms with Gasteiger partial charge in [0.15, 0.2) is 12.5 Å². The lowest BCUT2D eigenvalue weighted by atomic mass is 10.1. The molecule has 0 spiro atoms. The molecule has 2 aromatic carbocycles. The number of carbonyl (C=O) groups is 5. The zero-order valence-corrected chi connectivity index (χ0v) is 37.1. The number of rotatable bonds is 17. The van der Waals surface area contributed by atoms with Crippen molar-refractivity contribution < 1.29 is 48.0 Å². The molecule has 0 radical (unpaired) electrons. The number of benzene rings is 2. The van der Waals surface area contributed by atoms with Crippen LogP contribution >= 0.6 is 0 Å². The molecule has 2 aromatic heterocycles. The smallest absolute Gasteiger partial charge is 0.416 e. The first-order valence-electron chi connectivity index (χ1n) is 21.9. The highest BCUT2D eigenvalue weighted by Gasteiger charge is 2.48. The number of anilines is 3. The monoisotopic (exact) mass is 891 g/mol. The lowest BCUT2D eigenvalue weighted by molar-refractivity contribution is -0.195. The van der Waals surface area contributed by atoms with Gasteiger partial charge in [0.25, 0.3) is 17.7 Å². The number of ether oxygens (including phenoxy) is 4. The van der Waals surface area contributed by atoms with E-state index in [4.69, 9.17) is 24.1 Å². The SMILES string of the molecule is C=CCOC(=O)N1c2cc(OCCCC(=O)Nc3cc(C(=O)Nc4ccc(-c5cc(C(=O)NCCCO)n(C)c5)cc4)n(C)c3)c(C)cc2C(=O)N2CC(=C)C[C@H]2C1OC1CCCCO1. The quantitative estimate of drug-likeness (QED) is 0.0692. The van der Waals surface area contributed by atoms with E-state index in [1.807, 2.05) is 25.3 Å². The molecule has 7 rings (SSSR count). The van der Waals surface area contributed by atoms with Crippen LogP contribution in [0.4, 0.5) is 21.9 Å². The van der Waals surface area contributed by atoms with E-state index < -0.39 is 24.7 Å². The fourth-order valence-electron chi connectivity index (χ4n) is 8.26. The van der Waals surface area contributed by atoms with Crippen LogP contribution < -0.4 is 25.6 Å². The Labute approximate surface area is 377 Å². The molecule has 65 heavy (non-hydrogen) atoms. The van der Waals surface area contributed by atoms with Gasteiger partial charge in [-0.25, -0.2) is 9.69 Å². The molecule has 0 saturated carbocycles. The Hall–Kier alpha value is -6.69. The van der Waals surface area contributed by atoms with Gasteiger partial charge in [-0.3, -0.25) is 19.2 Å². The highest BCUT2D eigenvalue weighted by molar-refractivity contribution is 6.06. The first-order chi connectivity index (χ1) is 31.3. The summed E-state index contributed by atoms with van der Waals surface area (Å²) in [5, 5.41) is 17.5. The second-order valence-electron chi connectivity index (χ2n) is 16.5. The molecule has 4 N–H and O–H groups in total. The summed E-state index contributed by atoms with van der Waals surface area (Å²) in [5.74, 6) is -0.710. The van der Waals surface area contributed by atoms with Gasteiger partial charge in [-0.15, -0.1) is 0 Å². The molecule has 3 aliphatic heterocycles. The average Bonchev–Trinajstić information content (AvgIpc) is 3.99. The third-order valence-electron chi connectivity index (χ3n) is 11.5. The Morgan fingerprint density at radius 3 is 2.45 bits per heavy atom. The van der Waals surface area contributed by atoms with Gasteiger partial charge in [0.1, 0.15) is 23.7 Å². The molecule has 5 heterocycles. The normalized spacial score (nSPS) is 18.1. The number of nitrogens with one attached hydrogen (secondary N) is 3. The van der Waals surface area contributed by atoms with E-state index in [1.54, 1.807) is 70.7 Å². The molecule has 0 aliphatic carbocycles. The number of fused-ring (bicyclic) bond motifs is 2. The predicted molar refractivity (Wildman–Crippen MR) is 244 cm³/mol. The summed E-state index contributed by atoms with van der Waals surface area (Å²) in [6.07, 6.45) is 6.58. The summed E-state index contributed by atoms with van der Waals surface area (Å²) < 4.78 is 27.6. The molecule has 3 atom stereocenters. The van der Waals surface area contributed by atoms with Gasteiger partial charge < -0.3 is 54.0 Å². The van der Waals surface area contributed by atoms with E-state index >= 15 is 0 Å². The van der Waals surface area contributed by atoms with E-state index in [0.29, 0.717) is 85.0 Å². The molecule has 2 unspecified atom stereocenters. The van der Waals surface area contributed by atoms with E-state index in [2.05, 4.69) is 29.1 Å². The Morgan fingerprint density at radius 1 is 0.938 bits per heavy atom. The lowest BCUT2D eigenvalue weighted by Crippen LogP contribution is -2.54. The molecule has 4 aromatic rings. The van der Waals surface area contributed by atoms with E-state index in [0.717, 1.165) is 29.5 Å². The molecule has 0 bridgehead atoms. The maximum absolute atomic E-state index is 14.2. The second-order valence-corrected chi connectivity index (χ2v) is 16.5. The largest absolute Gasteiger partial charge is 0.493 e. The van der Waals surface area contributed by atoms with Gasteiger partial charge in [-0.2, -0.15) is 0 Å². The molecule has 17 heteroatoms. The molecule has 17 nitrogen and oxygen atoms in total. The van der Waals surface area contributed by atoms with Crippen molar-refractivity contribution in [1.29, 1.82) is 0 Å². The van der Waals surface area contributed by atoms with Crippen molar-refractivity contribution in [1.82, 2.24) is 19.4 Å². The van der Waals surface area contributed by atoms with Crippen molar-refractivity contribution in [2.45, 2.75) is 70.4 Å². The minimum Gasteiger partial charge on any atom is -0.493 e. The molecule has 5 amide bonds. The first-order valence-corrected chi connectivity index (χ1v) is 21.9. The summed E-state index contributed by atoms with van der Waals surface area (Å²) in [6.45, 7) is 11.0. The van der Waals surface area contributed by atoms with E-state index in [1.165, 1.54) is 11.0 Å². The molecule has 2 fully saturated rings. The van der Waals surface area contributed by atoms with Crippen molar-refractivity contribution in [3.8, 4) is 16.9 Å². The predicted octanol–water partition coefficient (Wildman–Crippen LogP) is 6.28. The summed E-state index contributed by atoms with van der Waals surface area (Å²) in [7, 11) is 3.50. The van der Waals surface area contributed by atoms with Gasteiger partial charge in [-0.1, -0.05) is 36.9 Å². The highest BCUT2D eigenvalue weighted by atomic mass is 16.7. The van der Waals surface area contributed by atoms with Crippen LogP contribution in [0.15, 0.2) is 85.7 Å². The number of nitrogens with zero attached hydrogens (tertiary/aromatic N) is 4. The Morgan fingerprint density at radius 2 is 1.71 bits per heavy atom. The van der Waals surface area contributed by atoms with Crippen LogP contribution in [0.1, 0.15) is 81.8 Å². The van der Waals surface area contributed by atoms with Crippen LogP contribution in [0.25, 0.3) is 11.1 Å². The maximum Gasteiger partial charge on any atom is 0.416 e. The number of carbonyl (C=O) groups excluding carboxylic acids is 5. The number of aliphatic hydroxyl groups excluding tert-OH is 1. The summed E-state index contributed by atoms with van der Waals surface area (Å²) in [6, 6.07) is 13.5. The minimum atomic E-state index is -0.934. The second kappa shape index (κ2) is 20.9. The van der Waals surface area contributed by atoms with Crippen LogP contribution in [-0.4, -0.2) is 107 Å². The molecule has 2 saturated heterocycles. The number of aromatic nitrogens is 2. The number of hydrogen-bond acceptors (Lipinski definition) is 10. The van der Waals surface area contributed by atoms with Crippen LogP contribution in [0.3, 0.4) is 0 Å². The topological polar surface area (TPSA) is 195 Å². The van der Waals surface area contributed by atoms with Crippen molar-refractivity contribution in [3.63, 3.8) is 0 Å². The van der Waals surface area contributed by atoms with Gasteiger partial charge in [-0.05, 0) is 86.9 Å². The first kappa shape index (κ1) is 46.3. The third-order valence-corrected chi connectivity index (χ3v) is 11.5. The Balaban J connectivity index is 0.961. The fourth-order valence-corrected chi connectivity index (χ4v) is 8.26. The highest BCUT2D eigenvalue weighted by Crippen LogP contribution is 2.41. The third kappa shape index (κ3) is 10.8. The molecule has 344 valence electrons. The number of aryl methyl sites for hydroxylation is 3. The zero-order valence-electron chi connectivity index (χ0n) is 37.1. The average molecular weight is 892 g/mol. The Kier molecular flexibility index (Phi) is 14.9. The maximum atomic E-state index is 14.2. The number of amides is 5. The molecular formula is C48H57N7O10. The van der Waals surface area contributed by atoms with Gasteiger partial charge in [0.2, 0.25) is 5.91 Å². The van der Waals surface area contributed by atoms with Crippen LogP contribution in [0, 0.1) is 6.92 Å². The zero-order chi connectivity index (χ0) is 46.2.